The molecule has 2 rings (SSSR count). The third-order valence-electron chi connectivity index (χ3n) is 2.60. The number of rotatable bonds is 2. The standard InChI is InChI=1S/C11H18N2O/c1-7(2)5-11-13-9-6-8(12)3-4-10(9)14-11/h7-8H,3-6,12H2,1-2H3. The van der Waals surface area contributed by atoms with E-state index in [1.54, 1.807) is 0 Å². The van der Waals surface area contributed by atoms with Crippen molar-refractivity contribution in [2.45, 2.75) is 45.6 Å². The van der Waals surface area contributed by atoms with Crippen LogP contribution in [0, 0.1) is 5.92 Å². The van der Waals surface area contributed by atoms with Crippen molar-refractivity contribution >= 4 is 0 Å². The number of hydrogen-bond acceptors (Lipinski definition) is 3. The molecule has 1 aliphatic carbocycles. The number of fused-ring (bicyclic) bond motifs is 1. The Morgan fingerprint density at radius 2 is 2.36 bits per heavy atom. The molecule has 0 saturated heterocycles. The minimum absolute atomic E-state index is 0.277. The van der Waals surface area contributed by atoms with E-state index < -0.39 is 0 Å². The van der Waals surface area contributed by atoms with E-state index in [1.165, 1.54) is 0 Å². The largest absolute Gasteiger partial charge is 0.445 e. The van der Waals surface area contributed by atoms with Gasteiger partial charge in [-0.25, -0.2) is 4.98 Å². The second kappa shape index (κ2) is 3.73. The molecule has 1 atom stereocenters. The van der Waals surface area contributed by atoms with Crippen molar-refractivity contribution in [1.82, 2.24) is 4.98 Å². The molecule has 0 fully saturated rings. The summed E-state index contributed by atoms with van der Waals surface area (Å²) in [4.78, 5) is 4.49. The Balaban J connectivity index is 2.15. The van der Waals surface area contributed by atoms with Gasteiger partial charge in [-0.2, -0.15) is 0 Å². The van der Waals surface area contributed by atoms with Crippen molar-refractivity contribution in [3.8, 4) is 0 Å². The molecule has 0 saturated carbocycles. The van der Waals surface area contributed by atoms with E-state index in [9.17, 15) is 0 Å². The van der Waals surface area contributed by atoms with Gasteiger partial charge >= 0.3 is 0 Å². The predicted molar refractivity (Wildman–Crippen MR) is 55.0 cm³/mol. The van der Waals surface area contributed by atoms with Gasteiger partial charge in [0.2, 0.25) is 0 Å². The van der Waals surface area contributed by atoms with E-state index >= 15 is 0 Å². The fourth-order valence-electron chi connectivity index (χ4n) is 1.90. The number of oxazole rings is 1. The quantitative estimate of drug-likeness (QED) is 0.779. The van der Waals surface area contributed by atoms with Crippen LogP contribution < -0.4 is 5.73 Å². The molecule has 0 aliphatic heterocycles. The van der Waals surface area contributed by atoms with Gasteiger partial charge in [-0.15, -0.1) is 0 Å². The van der Waals surface area contributed by atoms with Crippen LogP contribution in [0.4, 0.5) is 0 Å². The topological polar surface area (TPSA) is 52.0 Å². The maximum Gasteiger partial charge on any atom is 0.194 e. The molecule has 3 nitrogen and oxygen atoms in total. The molecule has 0 spiro atoms. The lowest BCUT2D eigenvalue weighted by molar-refractivity contribution is 0.410. The molecule has 1 aromatic rings. The Morgan fingerprint density at radius 3 is 3.07 bits per heavy atom. The van der Waals surface area contributed by atoms with E-state index in [-0.39, 0.29) is 6.04 Å². The predicted octanol–water partition coefficient (Wildman–Crippen LogP) is 1.69. The highest BCUT2D eigenvalue weighted by atomic mass is 16.4. The maximum atomic E-state index is 5.88. The first-order valence-corrected chi connectivity index (χ1v) is 5.38. The van der Waals surface area contributed by atoms with Crippen LogP contribution in [-0.2, 0) is 19.3 Å². The zero-order chi connectivity index (χ0) is 10.1. The highest BCUT2D eigenvalue weighted by Crippen LogP contribution is 2.22. The molecule has 0 bridgehead atoms. The Hall–Kier alpha value is -0.830. The number of aromatic nitrogens is 1. The molecular formula is C11H18N2O. The molecule has 2 N–H and O–H groups in total. The number of hydrogen-bond donors (Lipinski definition) is 1. The SMILES string of the molecule is CC(C)Cc1nc2c(o1)CCC(N)C2. The minimum Gasteiger partial charge on any atom is -0.445 e. The summed E-state index contributed by atoms with van der Waals surface area (Å²) in [6.45, 7) is 4.35. The van der Waals surface area contributed by atoms with Gasteiger partial charge < -0.3 is 10.2 Å². The van der Waals surface area contributed by atoms with Crippen molar-refractivity contribution < 1.29 is 4.42 Å². The first kappa shape index (κ1) is 9.71. The Labute approximate surface area is 84.7 Å². The van der Waals surface area contributed by atoms with E-state index in [0.29, 0.717) is 5.92 Å². The zero-order valence-electron chi connectivity index (χ0n) is 8.92. The molecule has 3 heteroatoms. The molecule has 1 aromatic heterocycles. The third-order valence-corrected chi connectivity index (χ3v) is 2.60. The second-order valence-corrected chi connectivity index (χ2v) is 4.58. The number of aryl methyl sites for hydroxylation is 1. The van der Waals surface area contributed by atoms with Crippen LogP contribution in [-0.4, -0.2) is 11.0 Å². The molecule has 1 heterocycles. The molecule has 1 unspecified atom stereocenters. The van der Waals surface area contributed by atoms with Gasteiger partial charge in [0.1, 0.15) is 5.76 Å². The summed E-state index contributed by atoms with van der Waals surface area (Å²) in [6, 6.07) is 0.277. The summed E-state index contributed by atoms with van der Waals surface area (Å²) in [5.41, 5.74) is 6.98. The van der Waals surface area contributed by atoms with Gasteiger partial charge in [-0.1, -0.05) is 13.8 Å². The highest BCUT2D eigenvalue weighted by molar-refractivity contribution is 5.15. The van der Waals surface area contributed by atoms with Crippen LogP contribution in [0.25, 0.3) is 0 Å². The van der Waals surface area contributed by atoms with Gasteiger partial charge in [0, 0.05) is 25.3 Å². The van der Waals surface area contributed by atoms with Crippen molar-refractivity contribution in [3.63, 3.8) is 0 Å². The summed E-state index contributed by atoms with van der Waals surface area (Å²) in [6.07, 6.45) is 3.81. The molecule has 1 aliphatic rings. The van der Waals surface area contributed by atoms with E-state index in [2.05, 4.69) is 18.8 Å². The summed E-state index contributed by atoms with van der Waals surface area (Å²) in [5, 5.41) is 0. The summed E-state index contributed by atoms with van der Waals surface area (Å²) < 4.78 is 5.70. The van der Waals surface area contributed by atoms with Crippen molar-refractivity contribution in [3.05, 3.63) is 17.3 Å². The van der Waals surface area contributed by atoms with Crippen LogP contribution >= 0.6 is 0 Å². The van der Waals surface area contributed by atoms with Crippen LogP contribution in [0.3, 0.4) is 0 Å². The van der Waals surface area contributed by atoms with Crippen LogP contribution in [0.2, 0.25) is 0 Å². The maximum absolute atomic E-state index is 5.88. The van der Waals surface area contributed by atoms with Gasteiger partial charge in [0.15, 0.2) is 5.89 Å². The molecule has 14 heavy (non-hydrogen) atoms. The van der Waals surface area contributed by atoms with Gasteiger partial charge in [-0.3, -0.25) is 0 Å². The van der Waals surface area contributed by atoms with Crippen molar-refractivity contribution in [1.29, 1.82) is 0 Å². The molecule has 78 valence electrons. The first-order chi connectivity index (χ1) is 6.65. The first-order valence-electron chi connectivity index (χ1n) is 5.38. The molecule has 0 radical (unpaired) electrons. The lowest BCUT2D eigenvalue weighted by Crippen LogP contribution is -2.27. The summed E-state index contributed by atoms with van der Waals surface area (Å²) in [7, 11) is 0. The molecular weight excluding hydrogens is 176 g/mol. The molecule has 0 amide bonds. The average molecular weight is 194 g/mol. The lowest BCUT2D eigenvalue weighted by Gasteiger charge is -2.14. The Bertz CT molecular complexity index is 317. The monoisotopic (exact) mass is 194 g/mol. The smallest absolute Gasteiger partial charge is 0.194 e. The normalized spacial score (nSPS) is 21.3. The van der Waals surface area contributed by atoms with Crippen LogP contribution in [0.5, 0.6) is 0 Å². The molecule has 0 aromatic carbocycles. The Kier molecular flexibility index (Phi) is 2.59. The number of nitrogens with two attached hydrogens (primary N) is 1. The van der Waals surface area contributed by atoms with Gasteiger partial charge in [-0.05, 0) is 12.3 Å². The van der Waals surface area contributed by atoms with Crippen molar-refractivity contribution in [2.24, 2.45) is 11.7 Å². The minimum atomic E-state index is 0.277. The summed E-state index contributed by atoms with van der Waals surface area (Å²) >= 11 is 0. The average Bonchev–Trinajstić information content (AvgIpc) is 2.44. The van der Waals surface area contributed by atoms with E-state index in [4.69, 9.17) is 10.2 Å². The van der Waals surface area contributed by atoms with Gasteiger partial charge in [0.05, 0.1) is 5.69 Å². The van der Waals surface area contributed by atoms with Crippen LogP contribution in [0.1, 0.15) is 37.6 Å². The lowest BCUT2D eigenvalue weighted by atomic mass is 9.98. The van der Waals surface area contributed by atoms with Crippen molar-refractivity contribution in [2.75, 3.05) is 0 Å². The second-order valence-electron chi connectivity index (χ2n) is 4.58. The van der Waals surface area contributed by atoms with Crippen LogP contribution in [0.15, 0.2) is 4.42 Å². The highest BCUT2D eigenvalue weighted by Gasteiger charge is 2.21. The fraction of sp³-hybridized carbons (Fsp3) is 0.727. The van der Waals surface area contributed by atoms with Gasteiger partial charge in [0.25, 0.3) is 0 Å². The Morgan fingerprint density at radius 1 is 1.57 bits per heavy atom. The van der Waals surface area contributed by atoms with E-state index in [0.717, 1.165) is 43.0 Å². The third kappa shape index (κ3) is 1.98. The zero-order valence-corrected chi connectivity index (χ0v) is 8.92. The summed E-state index contributed by atoms with van der Waals surface area (Å²) in [5.74, 6) is 2.56. The number of nitrogens with zero attached hydrogens (tertiary/aromatic N) is 1. The van der Waals surface area contributed by atoms with E-state index in [1.807, 2.05) is 0 Å². The fourth-order valence-corrected chi connectivity index (χ4v) is 1.90.